The Kier molecular flexibility index (Phi) is 10.6. The molecule has 4 aliphatic heterocycles. The topological polar surface area (TPSA) is 119 Å². The molecule has 2 bridgehead atoms. The third-order valence-corrected chi connectivity index (χ3v) is 14.5. The van der Waals surface area contributed by atoms with Gasteiger partial charge in [-0.2, -0.15) is 5.06 Å². The summed E-state index contributed by atoms with van der Waals surface area (Å²) in [5, 5.41) is 14.4. The van der Waals surface area contributed by atoms with Gasteiger partial charge in [0.15, 0.2) is 11.8 Å². The molecule has 4 saturated heterocycles. The minimum absolute atomic E-state index is 0.0260. The molecule has 10 atom stereocenters. The summed E-state index contributed by atoms with van der Waals surface area (Å²) in [7, 11) is 0. The number of hydroxylamine groups is 2. The van der Waals surface area contributed by atoms with Crippen LogP contribution in [0, 0.1) is 22.7 Å². The summed E-state index contributed by atoms with van der Waals surface area (Å²) >= 11 is 0. The van der Waals surface area contributed by atoms with Gasteiger partial charge in [-0.05, 0) is 80.2 Å². The molecular weight excluding hydrogens is 684 g/mol. The monoisotopic (exact) mass is 748 g/mol. The van der Waals surface area contributed by atoms with Crippen LogP contribution in [-0.2, 0) is 39.9 Å². The summed E-state index contributed by atoms with van der Waals surface area (Å²) in [4.78, 5) is 35.6. The Hall–Kier alpha value is -2.34. The fourth-order valence-electron chi connectivity index (χ4n) is 11.4. The summed E-state index contributed by atoms with van der Waals surface area (Å²) in [6.07, 6.45) is 13.8. The number of hydrogen-bond acceptors (Lipinski definition) is 9. The Morgan fingerprint density at radius 3 is 2.44 bits per heavy atom. The zero-order valence-corrected chi connectivity index (χ0v) is 33.3. The van der Waals surface area contributed by atoms with Crippen LogP contribution in [0.2, 0.25) is 0 Å². The smallest absolute Gasteiger partial charge is 0.327 e. The van der Waals surface area contributed by atoms with Crippen LogP contribution in [0.3, 0.4) is 0 Å². The van der Waals surface area contributed by atoms with Gasteiger partial charge in [-0.1, -0.05) is 89.3 Å². The van der Waals surface area contributed by atoms with Gasteiger partial charge >= 0.3 is 5.97 Å². The maximum atomic E-state index is 14.4. The Labute approximate surface area is 322 Å². The number of hydrogen-bond donors (Lipinski definition) is 2. The molecule has 3 saturated carbocycles. The lowest BCUT2D eigenvalue weighted by molar-refractivity contribution is -0.224. The van der Waals surface area contributed by atoms with Gasteiger partial charge in [0.1, 0.15) is 29.8 Å². The molecule has 3 aliphatic carbocycles. The Morgan fingerprint density at radius 2 is 1.72 bits per heavy atom. The van der Waals surface area contributed by atoms with Crippen molar-refractivity contribution in [3.05, 3.63) is 41.0 Å². The van der Waals surface area contributed by atoms with Gasteiger partial charge in [-0.15, -0.1) is 0 Å². The first-order chi connectivity index (χ1) is 26.0. The number of aliphatic hydroxyl groups excluding tert-OH is 1. The number of fused-ring (bicyclic) bond motifs is 6. The lowest BCUT2D eigenvalue weighted by atomic mass is 9.52. The van der Waals surface area contributed by atoms with E-state index in [1.54, 1.807) is 5.06 Å². The second-order valence-electron chi connectivity index (χ2n) is 18.5. The van der Waals surface area contributed by atoms with Crippen LogP contribution in [-0.4, -0.2) is 83.1 Å². The van der Waals surface area contributed by atoms with Gasteiger partial charge in [-0.3, -0.25) is 14.4 Å². The predicted octanol–water partition coefficient (Wildman–Crippen LogP) is 7.01. The molecule has 0 radical (unpaired) electrons. The molecular formula is C44H64N2O8. The van der Waals surface area contributed by atoms with Crippen molar-refractivity contribution in [2.75, 3.05) is 13.2 Å². The van der Waals surface area contributed by atoms with Gasteiger partial charge in [0.2, 0.25) is 5.91 Å². The van der Waals surface area contributed by atoms with E-state index in [1.165, 1.54) is 18.4 Å². The second-order valence-corrected chi connectivity index (χ2v) is 18.5. The predicted molar refractivity (Wildman–Crippen MR) is 204 cm³/mol. The average molecular weight is 749 g/mol. The Balaban J connectivity index is 1.11. The standard InChI is InChI=1S/C44H64N2O8/c1-6-8-12-19-43(20-13-9-7-2)52-35-33-26-44(40(49)45-22-23-47)37(39(48)50-33)46(54-38(44)36(35)53-43)27-30-15-11-10-14-28(30)24-29-16-17-34-42(5,51-34)21-18-32-31(29)25-41(32,3)4/h10-11,14-15,24,31-38,47H,6-9,12-13,16-23,25-27H2,1-5H3,(H,45,49)/t31-,32-,33-,34?,35+,36+,37+,38-,42-,44+/m1/s1. The molecule has 54 heavy (non-hydrogen) atoms. The van der Waals surface area contributed by atoms with Crippen molar-refractivity contribution in [3.63, 3.8) is 0 Å². The van der Waals surface area contributed by atoms with Crippen molar-refractivity contribution < 1.29 is 38.5 Å². The maximum Gasteiger partial charge on any atom is 0.327 e. The number of carbonyl (C=O) groups is 2. The third kappa shape index (κ3) is 6.68. The van der Waals surface area contributed by atoms with Gasteiger partial charge in [-0.25, -0.2) is 0 Å². The molecule has 2 N–H and O–H groups in total. The lowest BCUT2D eigenvalue weighted by Crippen LogP contribution is -2.69. The first kappa shape index (κ1) is 38.5. The fourth-order valence-corrected chi connectivity index (χ4v) is 11.4. The third-order valence-electron chi connectivity index (χ3n) is 14.5. The van der Waals surface area contributed by atoms with E-state index in [-0.39, 0.29) is 31.1 Å². The van der Waals surface area contributed by atoms with E-state index in [4.69, 9.17) is 23.8 Å². The van der Waals surface area contributed by atoms with Crippen LogP contribution in [0.1, 0.15) is 136 Å². The Morgan fingerprint density at radius 1 is 0.981 bits per heavy atom. The van der Waals surface area contributed by atoms with E-state index in [9.17, 15) is 14.7 Å². The molecule has 8 rings (SSSR count). The summed E-state index contributed by atoms with van der Waals surface area (Å²) in [5.41, 5.74) is 2.71. The van der Waals surface area contributed by atoms with Crippen LogP contribution in [0.5, 0.6) is 0 Å². The molecule has 7 aliphatic rings. The van der Waals surface area contributed by atoms with Gasteiger partial charge in [0.25, 0.3) is 0 Å². The molecule has 1 unspecified atom stereocenters. The van der Waals surface area contributed by atoms with Crippen LogP contribution >= 0.6 is 0 Å². The number of allylic oxidation sites excluding steroid dienone is 1. The quantitative estimate of drug-likeness (QED) is 0.118. The van der Waals surface area contributed by atoms with Crippen molar-refractivity contribution in [1.29, 1.82) is 0 Å². The van der Waals surface area contributed by atoms with Gasteiger partial charge in [0, 0.05) is 25.8 Å². The molecule has 10 nitrogen and oxygen atoms in total. The van der Waals surface area contributed by atoms with Crippen molar-refractivity contribution in [1.82, 2.24) is 10.4 Å². The van der Waals surface area contributed by atoms with Crippen LogP contribution in [0.15, 0.2) is 29.8 Å². The van der Waals surface area contributed by atoms with Gasteiger partial charge in [0.05, 0.1) is 24.9 Å². The molecule has 1 aromatic rings. The van der Waals surface area contributed by atoms with Crippen molar-refractivity contribution in [3.8, 4) is 0 Å². The lowest BCUT2D eigenvalue weighted by Gasteiger charge is -2.53. The minimum Gasteiger partial charge on any atom is -0.458 e. The Bertz CT molecular complexity index is 1590. The van der Waals surface area contributed by atoms with Gasteiger partial charge < -0.3 is 29.4 Å². The maximum absolute atomic E-state index is 14.4. The number of benzene rings is 1. The zero-order chi connectivity index (χ0) is 37.9. The molecule has 7 fully saturated rings. The first-order valence-electron chi connectivity index (χ1n) is 21.3. The minimum atomic E-state index is -1.25. The number of nitrogens with zero attached hydrogens (tertiary/aromatic N) is 1. The first-order valence-corrected chi connectivity index (χ1v) is 21.3. The van der Waals surface area contributed by atoms with Crippen LogP contribution < -0.4 is 5.32 Å². The average Bonchev–Trinajstić information content (AvgIpc) is 3.43. The highest BCUT2D eigenvalue weighted by Crippen LogP contribution is 2.61. The number of epoxide rings is 1. The molecule has 10 heteroatoms. The number of carbonyl (C=O) groups excluding carboxylic acids is 2. The molecule has 0 aromatic heterocycles. The zero-order valence-electron chi connectivity index (χ0n) is 33.3. The number of rotatable bonds is 14. The highest BCUT2D eigenvalue weighted by atomic mass is 16.8. The van der Waals surface area contributed by atoms with Crippen molar-refractivity contribution >= 4 is 18.0 Å². The van der Waals surface area contributed by atoms with E-state index < -0.39 is 47.6 Å². The van der Waals surface area contributed by atoms with E-state index in [0.29, 0.717) is 29.9 Å². The SMILES string of the molecule is CCCCCC1(CCCCC)O[C@@H]2[C@H](O1)[C@H]1ON(Cc3ccccc3C=C3CCC4O[C@]4(C)CC[C@@H]4[C@@H]3CC4(C)C)[C@H]3C(=O)O[C@@H]2C[C@@]13C(=O)NCCO. The number of esters is 1. The summed E-state index contributed by atoms with van der Waals surface area (Å²) < 4.78 is 26.4. The molecule has 0 spiro atoms. The fraction of sp³-hybridized carbons (Fsp3) is 0.773. The summed E-state index contributed by atoms with van der Waals surface area (Å²) in [5.74, 6) is -0.412. The number of nitrogens with one attached hydrogen (secondary N) is 1. The normalized spacial score (nSPS) is 39.3. The second kappa shape index (κ2) is 14.9. The van der Waals surface area contributed by atoms with E-state index in [0.717, 1.165) is 81.8 Å². The summed E-state index contributed by atoms with van der Waals surface area (Å²) in [6, 6.07) is 7.41. The molecule has 1 aromatic carbocycles. The number of amides is 1. The summed E-state index contributed by atoms with van der Waals surface area (Å²) in [6.45, 7) is 11.7. The molecule has 1 amide bonds. The van der Waals surface area contributed by atoms with Crippen LogP contribution in [0.25, 0.3) is 6.08 Å². The van der Waals surface area contributed by atoms with E-state index in [2.05, 4.69) is 64.2 Å². The van der Waals surface area contributed by atoms with E-state index >= 15 is 0 Å². The van der Waals surface area contributed by atoms with E-state index in [1.807, 2.05) is 6.07 Å². The largest absolute Gasteiger partial charge is 0.458 e. The number of unbranched alkanes of at least 4 members (excludes halogenated alkanes) is 4. The highest BCUT2D eigenvalue weighted by molar-refractivity contribution is 5.93. The highest BCUT2D eigenvalue weighted by Gasteiger charge is 2.76. The van der Waals surface area contributed by atoms with Crippen molar-refractivity contribution in [2.45, 2.75) is 179 Å². The molecule has 298 valence electrons. The number of aliphatic hydroxyl groups is 1. The van der Waals surface area contributed by atoms with Crippen LogP contribution in [0.4, 0.5) is 0 Å². The molecule has 4 heterocycles. The number of ether oxygens (including phenoxy) is 4. The van der Waals surface area contributed by atoms with Crippen molar-refractivity contribution in [2.24, 2.45) is 22.7 Å².